The molecule has 0 aliphatic heterocycles. The van der Waals surface area contributed by atoms with E-state index in [1.54, 1.807) is 0 Å². The summed E-state index contributed by atoms with van der Waals surface area (Å²) in [4.78, 5) is 12.0. The fourth-order valence-corrected chi connectivity index (χ4v) is 6.88. The first-order valence-corrected chi connectivity index (χ1v) is 9.07. The predicted octanol–water partition coefficient (Wildman–Crippen LogP) is 3.93. The third kappa shape index (κ3) is 1.67. The van der Waals surface area contributed by atoms with Crippen molar-refractivity contribution in [3.8, 4) is 0 Å². The molecule has 4 rings (SSSR count). The first kappa shape index (κ1) is 15.4. The topological polar surface area (TPSA) is 57.5 Å². The second-order valence-corrected chi connectivity index (χ2v) is 8.97. The van der Waals surface area contributed by atoms with Gasteiger partial charge in [0.15, 0.2) is 0 Å². The van der Waals surface area contributed by atoms with Crippen molar-refractivity contribution < 1.29 is 15.0 Å². The Morgan fingerprint density at radius 2 is 2.04 bits per heavy atom. The molecule has 0 aromatic rings. The number of aliphatic hydroxyl groups excluding tert-OH is 1. The van der Waals surface area contributed by atoms with Gasteiger partial charge in [0.05, 0.1) is 11.5 Å². The zero-order chi connectivity index (χ0) is 16.6. The predicted molar refractivity (Wildman–Crippen MR) is 88.8 cm³/mol. The average Bonchev–Trinajstić information content (AvgIpc) is 2.68. The highest BCUT2D eigenvalue weighted by Gasteiger charge is 2.65. The lowest BCUT2D eigenvalue weighted by molar-refractivity contribution is -0.162. The molecule has 1 spiro atoms. The van der Waals surface area contributed by atoms with Crippen molar-refractivity contribution in [2.24, 2.45) is 28.1 Å². The minimum atomic E-state index is -0.643. The molecule has 3 heteroatoms. The molecule has 0 saturated heterocycles. The zero-order valence-electron chi connectivity index (χ0n) is 14.3. The molecule has 0 aromatic heterocycles. The van der Waals surface area contributed by atoms with Crippen LogP contribution in [0.2, 0.25) is 0 Å². The number of hydrogen-bond donors (Lipinski definition) is 2. The second-order valence-electron chi connectivity index (χ2n) is 8.97. The number of fused-ring (bicyclic) bond motifs is 3. The second kappa shape index (κ2) is 4.50. The summed E-state index contributed by atoms with van der Waals surface area (Å²) >= 11 is 0. The van der Waals surface area contributed by atoms with Crippen LogP contribution in [-0.2, 0) is 4.79 Å². The van der Waals surface area contributed by atoms with Gasteiger partial charge in [0, 0.05) is 5.41 Å². The Kier molecular flexibility index (Phi) is 3.02. The average molecular weight is 316 g/mol. The summed E-state index contributed by atoms with van der Waals surface area (Å²) in [6.07, 6.45) is 8.53. The first-order chi connectivity index (χ1) is 10.8. The van der Waals surface area contributed by atoms with Crippen LogP contribution >= 0.6 is 0 Å². The van der Waals surface area contributed by atoms with Crippen LogP contribution in [0.1, 0.15) is 58.8 Å². The molecule has 2 N–H and O–H groups in total. The number of carboxylic acid groups (broad SMARTS) is 1. The van der Waals surface area contributed by atoms with E-state index >= 15 is 0 Å². The normalized spacial score (nSPS) is 51.7. The van der Waals surface area contributed by atoms with Gasteiger partial charge in [0.2, 0.25) is 0 Å². The van der Waals surface area contributed by atoms with Gasteiger partial charge in [-0.3, -0.25) is 4.79 Å². The van der Waals surface area contributed by atoms with Gasteiger partial charge in [-0.2, -0.15) is 0 Å². The third-order valence-electron chi connectivity index (χ3n) is 8.07. The molecular weight excluding hydrogens is 288 g/mol. The molecule has 0 unspecified atom stereocenters. The highest BCUT2D eigenvalue weighted by atomic mass is 16.4. The minimum Gasteiger partial charge on any atom is -0.481 e. The molecule has 3 fully saturated rings. The summed E-state index contributed by atoms with van der Waals surface area (Å²) in [7, 11) is 0. The summed E-state index contributed by atoms with van der Waals surface area (Å²) < 4.78 is 0. The van der Waals surface area contributed by atoms with Gasteiger partial charge in [-0.15, -0.1) is 0 Å². The van der Waals surface area contributed by atoms with Crippen molar-refractivity contribution in [1.82, 2.24) is 0 Å². The van der Waals surface area contributed by atoms with Crippen LogP contribution in [0.4, 0.5) is 0 Å². The monoisotopic (exact) mass is 316 g/mol. The van der Waals surface area contributed by atoms with Gasteiger partial charge in [0.1, 0.15) is 0 Å². The Hall–Kier alpha value is -1.09. The lowest BCUT2D eigenvalue weighted by Crippen LogP contribution is -2.56. The van der Waals surface area contributed by atoms with Crippen molar-refractivity contribution in [2.75, 3.05) is 0 Å². The van der Waals surface area contributed by atoms with Crippen LogP contribution < -0.4 is 0 Å². The number of rotatable bonds is 1. The first-order valence-electron chi connectivity index (χ1n) is 9.07. The van der Waals surface area contributed by atoms with Crippen molar-refractivity contribution >= 4 is 5.97 Å². The minimum absolute atomic E-state index is 0.0831. The Labute approximate surface area is 138 Å². The van der Waals surface area contributed by atoms with E-state index in [1.807, 2.05) is 6.92 Å². The Morgan fingerprint density at radius 3 is 2.74 bits per heavy atom. The van der Waals surface area contributed by atoms with Gasteiger partial charge in [-0.05, 0) is 68.3 Å². The summed E-state index contributed by atoms with van der Waals surface area (Å²) in [6.45, 7) is 8.40. The maximum atomic E-state index is 12.0. The van der Waals surface area contributed by atoms with Crippen molar-refractivity contribution in [3.05, 3.63) is 23.8 Å². The van der Waals surface area contributed by atoms with E-state index in [-0.39, 0.29) is 16.7 Å². The van der Waals surface area contributed by atoms with Crippen LogP contribution in [0.25, 0.3) is 0 Å². The standard InChI is InChI=1S/C20H28O3/c1-12-13-5-6-15-18(2)8-4-9-19(3,17(22)23)14(18)7-10-20(15,11-13)16(12)21/h6,13-14,16,21H,1,4-5,7-11H2,2-3H3,(H,22,23)/t13-,14+,16-,18-,19-,20-/m1/s1. The maximum Gasteiger partial charge on any atom is 0.309 e. The fraction of sp³-hybridized carbons (Fsp3) is 0.750. The summed E-state index contributed by atoms with van der Waals surface area (Å²) in [6, 6.07) is 0. The molecule has 4 aliphatic carbocycles. The number of aliphatic hydroxyl groups is 1. The van der Waals surface area contributed by atoms with Crippen molar-refractivity contribution in [3.63, 3.8) is 0 Å². The van der Waals surface area contributed by atoms with Gasteiger partial charge in [-0.25, -0.2) is 0 Å². The van der Waals surface area contributed by atoms with Gasteiger partial charge >= 0.3 is 5.97 Å². The van der Waals surface area contributed by atoms with Gasteiger partial charge in [0.25, 0.3) is 0 Å². The summed E-state index contributed by atoms with van der Waals surface area (Å²) in [5, 5.41) is 20.8. The van der Waals surface area contributed by atoms with Crippen LogP contribution in [0.5, 0.6) is 0 Å². The number of hydrogen-bond acceptors (Lipinski definition) is 2. The van der Waals surface area contributed by atoms with Crippen LogP contribution in [0.15, 0.2) is 23.8 Å². The molecule has 0 amide bonds. The number of allylic oxidation sites excluding steroid dienone is 1. The van der Waals surface area contributed by atoms with E-state index in [2.05, 4.69) is 19.6 Å². The van der Waals surface area contributed by atoms with Crippen molar-refractivity contribution in [2.45, 2.75) is 64.9 Å². The largest absolute Gasteiger partial charge is 0.481 e. The van der Waals surface area contributed by atoms with Crippen LogP contribution in [-0.4, -0.2) is 22.3 Å². The number of carbonyl (C=O) groups is 1. The van der Waals surface area contributed by atoms with Gasteiger partial charge < -0.3 is 10.2 Å². The van der Waals surface area contributed by atoms with Crippen LogP contribution in [0, 0.1) is 28.1 Å². The molecule has 2 bridgehead atoms. The zero-order valence-corrected chi connectivity index (χ0v) is 14.3. The van der Waals surface area contributed by atoms with E-state index in [0.717, 1.165) is 50.5 Å². The van der Waals surface area contributed by atoms with Gasteiger partial charge in [-0.1, -0.05) is 31.6 Å². The van der Waals surface area contributed by atoms with E-state index in [9.17, 15) is 15.0 Å². The molecule has 3 saturated carbocycles. The SMILES string of the molecule is C=C1[C@@H]2CC=C3[C@@](CC[C@@H]4[C@](C)(C(=O)O)CCC[C@@]34C)(C2)[C@@H]1O. The highest BCUT2D eigenvalue weighted by Crippen LogP contribution is 2.70. The van der Waals surface area contributed by atoms with E-state index < -0.39 is 17.5 Å². The molecule has 0 heterocycles. The molecule has 23 heavy (non-hydrogen) atoms. The number of carboxylic acids is 1. The molecule has 4 aliphatic rings. The maximum absolute atomic E-state index is 12.0. The highest BCUT2D eigenvalue weighted by molar-refractivity contribution is 5.75. The summed E-state index contributed by atoms with van der Waals surface area (Å²) in [5.74, 6) is -0.0471. The molecule has 3 nitrogen and oxygen atoms in total. The number of aliphatic carboxylic acids is 1. The Balaban J connectivity index is 1.82. The van der Waals surface area contributed by atoms with Crippen LogP contribution in [0.3, 0.4) is 0 Å². The third-order valence-corrected chi connectivity index (χ3v) is 8.07. The quantitative estimate of drug-likeness (QED) is 0.721. The Morgan fingerprint density at radius 1 is 1.30 bits per heavy atom. The molecule has 126 valence electrons. The Bertz CT molecular complexity index is 620. The lowest BCUT2D eigenvalue weighted by atomic mass is 9.43. The smallest absolute Gasteiger partial charge is 0.309 e. The van der Waals surface area contributed by atoms with Crippen molar-refractivity contribution in [1.29, 1.82) is 0 Å². The summed E-state index contributed by atoms with van der Waals surface area (Å²) in [5.41, 5.74) is 1.51. The fourth-order valence-electron chi connectivity index (χ4n) is 6.88. The molecular formula is C20H28O3. The molecule has 0 aromatic carbocycles. The van der Waals surface area contributed by atoms with E-state index in [1.165, 1.54) is 5.57 Å². The molecule has 0 radical (unpaired) electrons. The van der Waals surface area contributed by atoms with E-state index in [4.69, 9.17) is 0 Å². The molecule has 6 atom stereocenters. The van der Waals surface area contributed by atoms with E-state index in [0.29, 0.717) is 5.92 Å². The lowest BCUT2D eigenvalue weighted by Gasteiger charge is -2.60.